The van der Waals surface area contributed by atoms with Crippen LogP contribution in [0.3, 0.4) is 0 Å². The summed E-state index contributed by atoms with van der Waals surface area (Å²) >= 11 is 0. The summed E-state index contributed by atoms with van der Waals surface area (Å²) < 4.78 is 0. The Kier molecular flexibility index (Phi) is 5.84. The molecule has 0 saturated carbocycles. The number of likely N-dealkylation sites (N-methyl/N-ethyl adjacent to an activating group) is 1. The minimum absolute atomic E-state index is 0.0292. The number of carbonyl (C=O) groups is 1. The van der Waals surface area contributed by atoms with Gasteiger partial charge >= 0.3 is 0 Å². The molecular formula is C14H18N2O. The van der Waals surface area contributed by atoms with E-state index < -0.39 is 0 Å². The molecule has 3 heteroatoms. The molecule has 0 saturated heterocycles. The molecule has 1 aromatic rings. The fourth-order valence-corrected chi connectivity index (χ4v) is 1.49. The van der Waals surface area contributed by atoms with Gasteiger partial charge in [-0.25, -0.2) is 0 Å². The molecular weight excluding hydrogens is 212 g/mol. The van der Waals surface area contributed by atoms with Gasteiger partial charge in [-0.3, -0.25) is 9.69 Å². The number of carbonyl (C=O) groups excluding carboxylic acids is 1. The van der Waals surface area contributed by atoms with E-state index in [4.69, 9.17) is 6.42 Å². The van der Waals surface area contributed by atoms with Gasteiger partial charge in [-0.05, 0) is 19.0 Å². The summed E-state index contributed by atoms with van der Waals surface area (Å²) in [7, 11) is 1.93. The highest BCUT2D eigenvalue weighted by atomic mass is 16.1. The van der Waals surface area contributed by atoms with Gasteiger partial charge in [0.05, 0.1) is 13.1 Å². The number of terminal acetylenes is 1. The second-order valence-electron chi connectivity index (χ2n) is 3.95. The lowest BCUT2D eigenvalue weighted by molar-refractivity contribution is -0.121. The average Bonchev–Trinajstić information content (AvgIpc) is 2.35. The van der Waals surface area contributed by atoms with E-state index in [0.717, 1.165) is 13.0 Å². The van der Waals surface area contributed by atoms with Gasteiger partial charge in [0.15, 0.2) is 0 Å². The first-order chi connectivity index (χ1) is 8.22. The second-order valence-corrected chi connectivity index (χ2v) is 3.95. The molecule has 0 aliphatic rings. The third-order valence-electron chi connectivity index (χ3n) is 2.43. The summed E-state index contributed by atoms with van der Waals surface area (Å²) in [4.78, 5) is 13.4. The molecule has 0 atom stereocenters. The zero-order valence-electron chi connectivity index (χ0n) is 10.1. The Morgan fingerprint density at radius 3 is 2.76 bits per heavy atom. The number of nitrogens with one attached hydrogen (secondary N) is 1. The smallest absolute Gasteiger partial charge is 0.234 e. The third-order valence-corrected chi connectivity index (χ3v) is 2.43. The monoisotopic (exact) mass is 230 g/mol. The van der Waals surface area contributed by atoms with E-state index in [0.29, 0.717) is 13.1 Å². The summed E-state index contributed by atoms with van der Waals surface area (Å²) in [6, 6.07) is 10.2. The van der Waals surface area contributed by atoms with E-state index >= 15 is 0 Å². The van der Waals surface area contributed by atoms with Gasteiger partial charge in [0.2, 0.25) is 5.91 Å². The minimum atomic E-state index is -0.0292. The predicted molar refractivity (Wildman–Crippen MR) is 69.5 cm³/mol. The van der Waals surface area contributed by atoms with Gasteiger partial charge in [-0.15, -0.1) is 6.42 Å². The van der Waals surface area contributed by atoms with Crippen molar-refractivity contribution in [3.63, 3.8) is 0 Å². The van der Waals surface area contributed by atoms with Crippen molar-refractivity contribution in [1.82, 2.24) is 10.2 Å². The van der Waals surface area contributed by atoms with E-state index in [1.807, 2.05) is 30.1 Å². The van der Waals surface area contributed by atoms with Crippen molar-refractivity contribution >= 4 is 5.91 Å². The summed E-state index contributed by atoms with van der Waals surface area (Å²) in [6.45, 7) is 1.54. The maximum absolute atomic E-state index is 11.4. The summed E-state index contributed by atoms with van der Waals surface area (Å²) in [5.41, 5.74) is 1.28. The fraction of sp³-hybridized carbons (Fsp3) is 0.357. The van der Waals surface area contributed by atoms with Crippen LogP contribution < -0.4 is 5.32 Å². The number of amides is 1. The Morgan fingerprint density at radius 1 is 1.41 bits per heavy atom. The van der Waals surface area contributed by atoms with Crippen LogP contribution in [0.1, 0.15) is 5.56 Å². The lowest BCUT2D eigenvalue weighted by Gasteiger charge is -2.15. The van der Waals surface area contributed by atoms with Crippen molar-refractivity contribution in [2.45, 2.75) is 6.42 Å². The molecule has 3 nitrogen and oxygen atoms in total. The molecule has 0 aliphatic heterocycles. The quantitative estimate of drug-likeness (QED) is 0.737. The molecule has 0 unspecified atom stereocenters. The van der Waals surface area contributed by atoms with Crippen molar-refractivity contribution in [3.8, 4) is 12.3 Å². The van der Waals surface area contributed by atoms with Crippen LogP contribution in [-0.2, 0) is 11.2 Å². The average molecular weight is 230 g/mol. The highest BCUT2D eigenvalue weighted by molar-refractivity contribution is 5.78. The fourth-order valence-electron chi connectivity index (χ4n) is 1.49. The van der Waals surface area contributed by atoms with Gasteiger partial charge < -0.3 is 5.32 Å². The normalized spacial score (nSPS) is 9.94. The minimum Gasteiger partial charge on any atom is -0.344 e. The van der Waals surface area contributed by atoms with Crippen LogP contribution in [0.25, 0.3) is 0 Å². The van der Waals surface area contributed by atoms with Crippen LogP contribution in [0.5, 0.6) is 0 Å². The third kappa shape index (κ3) is 5.74. The van der Waals surface area contributed by atoms with E-state index in [-0.39, 0.29) is 5.91 Å². The molecule has 0 heterocycles. The van der Waals surface area contributed by atoms with E-state index in [1.165, 1.54) is 5.56 Å². The number of benzene rings is 1. The Labute approximate surface area is 103 Å². The first-order valence-corrected chi connectivity index (χ1v) is 5.65. The molecule has 1 aromatic carbocycles. The topological polar surface area (TPSA) is 32.3 Å². The van der Waals surface area contributed by atoms with Gasteiger partial charge in [0, 0.05) is 6.54 Å². The maximum Gasteiger partial charge on any atom is 0.234 e. The van der Waals surface area contributed by atoms with Crippen LogP contribution in [0.4, 0.5) is 0 Å². The Bertz CT molecular complexity index is 381. The van der Waals surface area contributed by atoms with E-state index in [1.54, 1.807) is 0 Å². The van der Waals surface area contributed by atoms with Crippen LogP contribution in [0.2, 0.25) is 0 Å². The molecule has 1 amide bonds. The number of nitrogens with zero attached hydrogens (tertiary/aromatic N) is 1. The zero-order valence-corrected chi connectivity index (χ0v) is 10.1. The Morgan fingerprint density at radius 2 is 2.12 bits per heavy atom. The van der Waals surface area contributed by atoms with E-state index in [2.05, 4.69) is 23.4 Å². The van der Waals surface area contributed by atoms with Crippen LogP contribution in [0, 0.1) is 12.3 Å². The number of hydrogen-bond donors (Lipinski definition) is 1. The van der Waals surface area contributed by atoms with Gasteiger partial charge in [0.1, 0.15) is 0 Å². The Hall–Kier alpha value is -1.79. The molecule has 0 fully saturated rings. The summed E-state index contributed by atoms with van der Waals surface area (Å²) in [6.07, 6.45) is 6.01. The standard InChI is InChI=1S/C14H18N2O/c1-3-10-15-14(17)12-16(2)11-9-13-7-5-4-6-8-13/h1,4-8H,9-12H2,2H3,(H,15,17). The van der Waals surface area contributed by atoms with Gasteiger partial charge in [0.25, 0.3) is 0 Å². The zero-order chi connectivity index (χ0) is 12.5. The molecule has 0 aliphatic carbocycles. The SMILES string of the molecule is C#CCNC(=O)CN(C)CCc1ccccc1. The highest BCUT2D eigenvalue weighted by Gasteiger charge is 2.05. The molecule has 17 heavy (non-hydrogen) atoms. The van der Waals surface area contributed by atoms with Gasteiger partial charge in [-0.2, -0.15) is 0 Å². The molecule has 0 radical (unpaired) electrons. The first kappa shape index (κ1) is 13.3. The molecule has 1 N–H and O–H groups in total. The van der Waals surface area contributed by atoms with Crippen LogP contribution in [0.15, 0.2) is 30.3 Å². The van der Waals surface area contributed by atoms with E-state index in [9.17, 15) is 4.79 Å². The number of rotatable bonds is 6. The maximum atomic E-state index is 11.4. The molecule has 1 rings (SSSR count). The summed E-state index contributed by atoms with van der Waals surface area (Å²) in [5.74, 6) is 2.35. The molecule has 90 valence electrons. The Balaban J connectivity index is 2.24. The molecule has 0 spiro atoms. The number of hydrogen-bond acceptors (Lipinski definition) is 2. The van der Waals surface area contributed by atoms with Crippen molar-refractivity contribution in [2.24, 2.45) is 0 Å². The molecule has 0 bridgehead atoms. The first-order valence-electron chi connectivity index (χ1n) is 5.65. The lowest BCUT2D eigenvalue weighted by Crippen LogP contribution is -2.36. The second kappa shape index (κ2) is 7.48. The van der Waals surface area contributed by atoms with Gasteiger partial charge in [-0.1, -0.05) is 36.3 Å². The lowest BCUT2D eigenvalue weighted by atomic mass is 10.1. The summed E-state index contributed by atoms with van der Waals surface area (Å²) in [5, 5.41) is 2.64. The predicted octanol–water partition coefficient (Wildman–Crippen LogP) is 0.910. The van der Waals surface area contributed by atoms with Crippen LogP contribution in [-0.4, -0.2) is 37.5 Å². The largest absolute Gasteiger partial charge is 0.344 e. The van der Waals surface area contributed by atoms with Crippen LogP contribution >= 0.6 is 0 Å². The van der Waals surface area contributed by atoms with Crippen molar-refractivity contribution in [3.05, 3.63) is 35.9 Å². The van der Waals surface area contributed by atoms with Crippen molar-refractivity contribution < 1.29 is 4.79 Å². The van der Waals surface area contributed by atoms with Crippen molar-refractivity contribution in [1.29, 1.82) is 0 Å². The highest BCUT2D eigenvalue weighted by Crippen LogP contribution is 2.00. The van der Waals surface area contributed by atoms with Crippen molar-refractivity contribution in [2.75, 3.05) is 26.7 Å². The molecule has 0 aromatic heterocycles.